The molecule has 0 aromatic heterocycles. The molecule has 0 aliphatic carbocycles. The Morgan fingerprint density at radius 2 is 1.84 bits per heavy atom. The summed E-state index contributed by atoms with van der Waals surface area (Å²) in [7, 11) is 1.66. The minimum Gasteiger partial charge on any atom is -0.323 e. The first-order chi connectivity index (χ1) is 11.9. The topological polar surface area (TPSA) is 92.6 Å². The van der Waals surface area contributed by atoms with Crippen LogP contribution in [0.25, 0.3) is 6.08 Å². The van der Waals surface area contributed by atoms with E-state index >= 15 is 0 Å². The van der Waals surface area contributed by atoms with Crippen LogP contribution in [0.3, 0.4) is 0 Å². The summed E-state index contributed by atoms with van der Waals surface area (Å²) in [5.74, 6) is -0.448. The minimum absolute atomic E-state index is 0.0345. The van der Waals surface area contributed by atoms with E-state index in [4.69, 9.17) is 0 Å². The summed E-state index contributed by atoms with van der Waals surface area (Å²) in [6.45, 7) is 1.47. The summed E-state index contributed by atoms with van der Waals surface area (Å²) in [6.07, 6.45) is 2.80. The van der Waals surface area contributed by atoms with Gasteiger partial charge in [0.1, 0.15) is 0 Å². The largest absolute Gasteiger partial charge is 0.323 e. The molecule has 0 heterocycles. The number of amides is 2. The van der Waals surface area contributed by atoms with E-state index in [9.17, 15) is 19.7 Å². The summed E-state index contributed by atoms with van der Waals surface area (Å²) in [4.78, 5) is 35.0. The van der Waals surface area contributed by atoms with Crippen molar-refractivity contribution in [3.63, 3.8) is 0 Å². The lowest BCUT2D eigenvalue weighted by Crippen LogP contribution is -2.22. The van der Waals surface area contributed by atoms with Gasteiger partial charge in [-0.3, -0.25) is 19.7 Å². The number of anilines is 2. The first-order valence-corrected chi connectivity index (χ1v) is 7.44. The molecular formula is C18H17N3O4. The molecule has 1 N–H and O–H groups in total. The third-order valence-electron chi connectivity index (χ3n) is 3.50. The van der Waals surface area contributed by atoms with Gasteiger partial charge in [0, 0.05) is 43.6 Å². The Hall–Kier alpha value is -3.48. The quantitative estimate of drug-likeness (QED) is 0.514. The van der Waals surface area contributed by atoms with Crippen LogP contribution >= 0.6 is 0 Å². The first kappa shape index (κ1) is 17.9. The standard InChI is InChI=1S/C18H17N3O4/c1-13(22)20(2)16-9-7-15(8-10-16)19-18(23)11-6-14-4-3-5-17(12-14)21(24)25/h3-12H,1-2H3,(H,19,23). The fourth-order valence-corrected chi connectivity index (χ4v) is 2.05. The van der Waals surface area contributed by atoms with Crippen LogP contribution in [0.2, 0.25) is 0 Å². The number of carbonyl (C=O) groups excluding carboxylic acids is 2. The van der Waals surface area contributed by atoms with Crippen LogP contribution in [0.4, 0.5) is 17.1 Å². The highest BCUT2D eigenvalue weighted by atomic mass is 16.6. The maximum absolute atomic E-state index is 11.9. The molecule has 0 radical (unpaired) electrons. The van der Waals surface area contributed by atoms with Gasteiger partial charge in [-0.15, -0.1) is 0 Å². The van der Waals surface area contributed by atoms with Crippen LogP contribution in [0.1, 0.15) is 12.5 Å². The number of benzene rings is 2. The SMILES string of the molecule is CC(=O)N(C)c1ccc(NC(=O)C=Cc2cccc([N+](=O)[O-])c2)cc1. The monoisotopic (exact) mass is 339 g/mol. The van der Waals surface area contributed by atoms with E-state index in [1.54, 1.807) is 43.4 Å². The van der Waals surface area contributed by atoms with Crippen LogP contribution in [0.15, 0.2) is 54.6 Å². The Bertz CT molecular complexity index is 828. The van der Waals surface area contributed by atoms with Crippen LogP contribution in [0.5, 0.6) is 0 Å². The molecule has 0 saturated heterocycles. The highest BCUT2D eigenvalue weighted by Gasteiger charge is 2.06. The zero-order chi connectivity index (χ0) is 18.4. The molecular weight excluding hydrogens is 322 g/mol. The molecule has 128 valence electrons. The van der Waals surface area contributed by atoms with Crippen molar-refractivity contribution in [2.24, 2.45) is 0 Å². The van der Waals surface area contributed by atoms with Gasteiger partial charge in [-0.25, -0.2) is 0 Å². The van der Waals surface area contributed by atoms with Crippen molar-refractivity contribution in [1.82, 2.24) is 0 Å². The molecule has 0 saturated carbocycles. The second-order valence-electron chi connectivity index (χ2n) is 5.30. The Kier molecular flexibility index (Phi) is 5.62. The minimum atomic E-state index is -0.489. The van der Waals surface area contributed by atoms with E-state index in [0.29, 0.717) is 11.3 Å². The number of carbonyl (C=O) groups is 2. The van der Waals surface area contributed by atoms with E-state index in [2.05, 4.69) is 5.32 Å². The number of nitro groups is 1. The summed E-state index contributed by atoms with van der Waals surface area (Å²) >= 11 is 0. The van der Waals surface area contributed by atoms with Gasteiger partial charge in [0.15, 0.2) is 0 Å². The van der Waals surface area contributed by atoms with Gasteiger partial charge in [0.25, 0.3) is 5.69 Å². The molecule has 0 aliphatic heterocycles. The smallest absolute Gasteiger partial charge is 0.270 e. The number of nitrogens with one attached hydrogen (secondary N) is 1. The predicted octanol–water partition coefficient (Wildman–Crippen LogP) is 3.23. The molecule has 0 spiro atoms. The predicted molar refractivity (Wildman–Crippen MR) is 96.3 cm³/mol. The Morgan fingerprint density at radius 3 is 2.44 bits per heavy atom. The molecule has 25 heavy (non-hydrogen) atoms. The van der Waals surface area contributed by atoms with Gasteiger partial charge in [-0.1, -0.05) is 12.1 Å². The summed E-state index contributed by atoms with van der Waals surface area (Å²) in [5, 5.41) is 13.4. The molecule has 2 aromatic rings. The van der Waals surface area contributed by atoms with Gasteiger partial charge >= 0.3 is 0 Å². The molecule has 2 rings (SSSR count). The number of nitrogens with zero attached hydrogens (tertiary/aromatic N) is 2. The first-order valence-electron chi connectivity index (χ1n) is 7.44. The van der Waals surface area contributed by atoms with E-state index in [1.165, 1.54) is 36.1 Å². The van der Waals surface area contributed by atoms with Gasteiger partial charge in [-0.05, 0) is 35.9 Å². The van der Waals surface area contributed by atoms with Gasteiger partial charge in [-0.2, -0.15) is 0 Å². The van der Waals surface area contributed by atoms with E-state index in [-0.39, 0.29) is 17.5 Å². The summed E-state index contributed by atoms with van der Waals surface area (Å²) in [5.41, 5.74) is 1.82. The van der Waals surface area contributed by atoms with Crippen molar-refractivity contribution in [2.45, 2.75) is 6.92 Å². The number of hydrogen-bond acceptors (Lipinski definition) is 4. The lowest BCUT2D eigenvalue weighted by atomic mass is 10.2. The van der Waals surface area contributed by atoms with Crippen molar-refractivity contribution < 1.29 is 14.5 Å². The Morgan fingerprint density at radius 1 is 1.16 bits per heavy atom. The van der Waals surface area contributed by atoms with E-state index in [0.717, 1.165) is 5.69 Å². The third kappa shape index (κ3) is 5.00. The molecule has 0 bridgehead atoms. The Labute approximate surface area is 144 Å². The summed E-state index contributed by atoms with van der Waals surface area (Å²) < 4.78 is 0. The maximum atomic E-state index is 11.9. The maximum Gasteiger partial charge on any atom is 0.270 e. The average molecular weight is 339 g/mol. The van der Waals surface area contributed by atoms with Crippen LogP contribution in [-0.2, 0) is 9.59 Å². The molecule has 2 amide bonds. The van der Waals surface area contributed by atoms with Crippen molar-refractivity contribution >= 4 is 35.0 Å². The van der Waals surface area contributed by atoms with Crippen molar-refractivity contribution in [3.05, 3.63) is 70.3 Å². The molecule has 0 unspecified atom stereocenters. The van der Waals surface area contributed by atoms with Crippen LogP contribution in [-0.4, -0.2) is 23.8 Å². The second-order valence-corrected chi connectivity index (χ2v) is 5.30. The van der Waals surface area contributed by atoms with Gasteiger partial charge in [0.05, 0.1) is 4.92 Å². The van der Waals surface area contributed by atoms with Crippen molar-refractivity contribution in [1.29, 1.82) is 0 Å². The highest BCUT2D eigenvalue weighted by Crippen LogP contribution is 2.17. The second kappa shape index (κ2) is 7.87. The molecule has 7 nitrogen and oxygen atoms in total. The zero-order valence-electron chi connectivity index (χ0n) is 13.8. The number of hydrogen-bond donors (Lipinski definition) is 1. The van der Waals surface area contributed by atoms with Gasteiger partial charge in [0.2, 0.25) is 11.8 Å². The average Bonchev–Trinajstić information content (AvgIpc) is 2.60. The molecule has 0 atom stereocenters. The zero-order valence-corrected chi connectivity index (χ0v) is 13.8. The van der Waals surface area contributed by atoms with E-state index in [1.807, 2.05) is 0 Å². The molecule has 7 heteroatoms. The molecule has 0 aliphatic rings. The van der Waals surface area contributed by atoms with E-state index < -0.39 is 4.92 Å². The number of non-ortho nitro benzene ring substituents is 1. The molecule has 2 aromatic carbocycles. The third-order valence-corrected chi connectivity index (χ3v) is 3.50. The fraction of sp³-hybridized carbons (Fsp3) is 0.111. The fourth-order valence-electron chi connectivity index (χ4n) is 2.05. The van der Waals surface area contributed by atoms with Gasteiger partial charge < -0.3 is 10.2 Å². The van der Waals surface area contributed by atoms with Crippen LogP contribution < -0.4 is 10.2 Å². The lowest BCUT2D eigenvalue weighted by molar-refractivity contribution is -0.384. The van der Waals surface area contributed by atoms with Crippen molar-refractivity contribution in [3.8, 4) is 0 Å². The summed E-state index contributed by atoms with van der Waals surface area (Å²) in [6, 6.07) is 12.8. The number of nitro benzene ring substituents is 1. The van der Waals surface area contributed by atoms with Crippen molar-refractivity contribution in [2.75, 3.05) is 17.3 Å². The highest BCUT2D eigenvalue weighted by molar-refractivity contribution is 6.02. The number of rotatable bonds is 5. The Balaban J connectivity index is 2.01. The van der Waals surface area contributed by atoms with Crippen LogP contribution in [0, 0.1) is 10.1 Å². The lowest BCUT2D eigenvalue weighted by Gasteiger charge is -2.15. The normalized spacial score (nSPS) is 10.5. The molecule has 0 fully saturated rings.